The monoisotopic (exact) mass is 278 g/mol. The summed E-state index contributed by atoms with van der Waals surface area (Å²) in [6.45, 7) is 0.440. The Hall–Kier alpha value is -2.88. The van der Waals surface area contributed by atoms with Crippen LogP contribution >= 0.6 is 0 Å². The number of fused-ring (bicyclic) bond motifs is 1. The molecule has 0 amide bonds. The highest BCUT2D eigenvalue weighted by Crippen LogP contribution is 2.40. The topological polar surface area (TPSA) is 65.2 Å². The number of hydrogen-bond donors (Lipinski definition) is 2. The van der Waals surface area contributed by atoms with Crippen LogP contribution in [0.15, 0.2) is 70.9 Å². The van der Waals surface area contributed by atoms with Gasteiger partial charge in [-0.25, -0.2) is 0 Å². The van der Waals surface area contributed by atoms with E-state index in [-0.39, 0.29) is 11.5 Å². The van der Waals surface area contributed by atoms with Gasteiger partial charge in [-0.2, -0.15) is 10.2 Å². The molecule has 4 heteroatoms. The van der Waals surface area contributed by atoms with E-state index in [4.69, 9.17) is 0 Å². The number of phenols is 2. The summed E-state index contributed by atoms with van der Waals surface area (Å²) in [5.74, 6) is -0.0480. The van der Waals surface area contributed by atoms with Gasteiger partial charge in [0.25, 0.3) is 0 Å². The second kappa shape index (κ2) is 5.63. The van der Waals surface area contributed by atoms with Crippen LogP contribution < -0.4 is 0 Å². The molecule has 0 saturated carbocycles. The molecule has 0 unspecified atom stereocenters. The van der Waals surface area contributed by atoms with Crippen molar-refractivity contribution in [2.75, 3.05) is 0 Å². The lowest BCUT2D eigenvalue weighted by atomic mass is 10.1. The van der Waals surface area contributed by atoms with Gasteiger partial charge >= 0.3 is 0 Å². The molecule has 0 bridgehead atoms. The zero-order chi connectivity index (χ0) is 14.7. The fourth-order valence-corrected chi connectivity index (χ4v) is 2.20. The average Bonchev–Trinajstić information content (AvgIpc) is 2.51. The normalized spacial score (nSPS) is 11.2. The molecule has 21 heavy (non-hydrogen) atoms. The maximum atomic E-state index is 9.97. The molecule has 0 spiro atoms. The van der Waals surface area contributed by atoms with Gasteiger partial charge in [-0.3, -0.25) is 0 Å². The first-order valence-corrected chi connectivity index (χ1v) is 6.61. The van der Waals surface area contributed by atoms with Crippen molar-refractivity contribution in [3.63, 3.8) is 0 Å². The summed E-state index contributed by atoms with van der Waals surface area (Å²) in [4.78, 5) is 0. The molecule has 0 heterocycles. The second-order valence-electron chi connectivity index (χ2n) is 4.69. The lowest BCUT2D eigenvalue weighted by Crippen LogP contribution is -1.79. The highest BCUT2D eigenvalue weighted by Gasteiger charge is 2.10. The van der Waals surface area contributed by atoms with Gasteiger partial charge in [-0.15, -0.1) is 0 Å². The third-order valence-electron chi connectivity index (χ3n) is 3.24. The van der Waals surface area contributed by atoms with Gasteiger partial charge in [0.05, 0.1) is 6.54 Å². The zero-order valence-electron chi connectivity index (χ0n) is 11.3. The van der Waals surface area contributed by atoms with Gasteiger partial charge in [-0.05, 0) is 5.56 Å². The standard InChI is InChI=1S/C17H14N2O2/c20-15-10-16(21)17(14-9-5-4-8-13(14)15)19-18-11-12-6-2-1-3-7-12/h1-10,20-21H,11H2. The van der Waals surface area contributed by atoms with Gasteiger partial charge in [0.15, 0.2) is 0 Å². The lowest BCUT2D eigenvalue weighted by Gasteiger charge is -2.06. The fraction of sp³-hybridized carbons (Fsp3) is 0.0588. The molecule has 0 aliphatic heterocycles. The molecule has 0 aliphatic carbocycles. The second-order valence-corrected chi connectivity index (χ2v) is 4.69. The average molecular weight is 278 g/mol. The summed E-state index contributed by atoms with van der Waals surface area (Å²) in [7, 11) is 0. The van der Waals surface area contributed by atoms with Crippen LogP contribution in [0.3, 0.4) is 0 Å². The molecule has 0 radical (unpaired) electrons. The number of benzene rings is 3. The van der Waals surface area contributed by atoms with Gasteiger partial charge in [0.1, 0.15) is 17.2 Å². The number of azo groups is 1. The van der Waals surface area contributed by atoms with E-state index in [9.17, 15) is 10.2 Å². The quantitative estimate of drug-likeness (QED) is 0.691. The molecule has 0 fully saturated rings. The number of rotatable bonds is 3. The van der Waals surface area contributed by atoms with E-state index >= 15 is 0 Å². The molecule has 0 saturated heterocycles. The van der Waals surface area contributed by atoms with Crippen LogP contribution in [-0.4, -0.2) is 10.2 Å². The Kier molecular flexibility index (Phi) is 3.51. The Bertz CT molecular complexity index is 798. The van der Waals surface area contributed by atoms with Crippen LogP contribution in [-0.2, 0) is 6.54 Å². The molecule has 0 aliphatic rings. The van der Waals surface area contributed by atoms with Crippen molar-refractivity contribution in [1.82, 2.24) is 0 Å². The van der Waals surface area contributed by atoms with Crippen molar-refractivity contribution in [2.45, 2.75) is 6.54 Å². The lowest BCUT2D eigenvalue weighted by molar-refractivity contribution is 0.455. The third-order valence-corrected chi connectivity index (χ3v) is 3.24. The maximum Gasteiger partial charge on any atom is 0.147 e. The van der Waals surface area contributed by atoms with Crippen LogP contribution in [0.5, 0.6) is 11.5 Å². The van der Waals surface area contributed by atoms with Gasteiger partial charge in [-0.1, -0.05) is 54.6 Å². The Morgan fingerprint density at radius 3 is 2.19 bits per heavy atom. The predicted molar refractivity (Wildman–Crippen MR) is 81.9 cm³/mol. The van der Waals surface area contributed by atoms with E-state index < -0.39 is 0 Å². The minimum atomic E-state index is -0.0805. The summed E-state index contributed by atoms with van der Waals surface area (Å²) < 4.78 is 0. The zero-order valence-corrected chi connectivity index (χ0v) is 11.3. The molecule has 3 aromatic rings. The van der Waals surface area contributed by atoms with Crippen LogP contribution in [0.1, 0.15) is 5.56 Å². The largest absolute Gasteiger partial charge is 0.507 e. The van der Waals surface area contributed by atoms with Gasteiger partial charge in [0.2, 0.25) is 0 Å². The van der Waals surface area contributed by atoms with E-state index in [1.807, 2.05) is 42.5 Å². The van der Waals surface area contributed by atoms with Gasteiger partial charge < -0.3 is 10.2 Å². The minimum absolute atomic E-state index is 0.0325. The highest BCUT2D eigenvalue weighted by atomic mass is 16.3. The molecule has 3 aromatic carbocycles. The Morgan fingerprint density at radius 1 is 0.762 bits per heavy atom. The Balaban J connectivity index is 1.97. The summed E-state index contributed by atoms with van der Waals surface area (Å²) in [5, 5.41) is 29.4. The maximum absolute atomic E-state index is 9.97. The first-order valence-electron chi connectivity index (χ1n) is 6.61. The summed E-state index contributed by atoms with van der Waals surface area (Å²) in [6.07, 6.45) is 0. The molecule has 4 nitrogen and oxygen atoms in total. The first-order chi connectivity index (χ1) is 10.3. The van der Waals surface area contributed by atoms with E-state index in [1.165, 1.54) is 6.07 Å². The van der Waals surface area contributed by atoms with E-state index in [0.717, 1.165) is 5.56 Å². The number of hydrogen-bond acceptors (Lipinski definition) is 4. The molecule has 0 atom stereocenters. The highest BCUT2D eigenvalue weighted by molar-refractivity contribution is 5.99. The van der Waals surface area contributed by atoms with Gasteiger partial charge in [0, 0.05) is 16.8 Å². The van der Waals surface area contributed by atoms with Crippen molar-refractivity contribution in [2.24, 2.45) is 10.2 Å². The van der Waals surface area contributed by atoms with Crippen LogP contribution in [0, 0.1) is 0 Å². The SMILES string of the molecule is Oc1cc(O)c2ccccc2c1N=NCc1ccccc1. The first kappa shape index (κ1) is 13.1. The third kappa shape index (κ3) is 2.69. The Labute approximate surface area is 122 Å². The molecular weight excluding hydrogens is 264 g/mol. The van der Waals surface area contributed by atoms with Crippen molar-refractivity contribution >= 4 is 16.5 Å². The van der Waals surface area contributed by atoms with Crippen molar-refractivity contribution < 1.29 is 10.2 Å². The van der Waals surface area contributed by atoms with Crippen molar-refractivity contribution in [3.05, 3.63) is 66.2 Å². The number of nitrogens with zero attached hydrogens (tertiary/aromatic N) is 2. The molecule has 2 N–H and O–H groups in total. The van der Waals surface area contributed by atoms with E-state index in [1.54, 1.807) is 12.1 Å². The molecule has 104 valence electrons. The fourth-order valence-electron chi connectivity index (χ4n) is 2.20. The van der Waals surface area contributed by atoms with Crippen LogP contribution in [0.4, 0.5) is 5.69 Å². The number of aromatic hydroxyl groups is 2. The smallest absolute Gasteiger partial charge is 0.147 e. The summed E-state index contributed by atoms with van der Waals surface area (Å²) in [6, 6.07) is 18.3. The molecule has 3 rings (SSSR count). The molecule has 0 aromatic heterocycles. The van der Waals surface area contributed by atoms with Crippen LogP contribution in [0.25, 0.3) is 10.8 Å². The summed E-state index contributed by atoms with van der Waals surface area (Å²) in [5.41, 5.74) is 1.42. The molecular formula is C17H14N2O2. The summed E-state index contributed by atoms with van der Waals surface area (Å²) >= 11 is 0. The predicted octanol–water partition coefficient (Wildman–Crippen LogP) is 4.53. The van der Waals surface area contributed by atoms with Crippen LogP contribution in [0.2, 0.25) is 0 Å². The van der Waals surface area contributed by atoms with Crippen molar-refractivity contribution in [3.8, 4) is 11.5 Å². The minimum Gasteiger partial charge on any atom is -0.507 e. The number of phenolic OH excluding ortho intramolecular Hbond substituents is 2. The van der Waals surface area contributed by atoms with E-state index in [2.05, 4.69) is 10.2 Å². The van der Waals surface area contributed by atoms with Crippen molar-refractivity contribution in [1.29, 1.82) is 0 Å². The Morgan fingerprint density at radius 2 is 1.43 bits per heavy atom. The van der Waals surface area contributed by atoms with E-state index in [0.29, 0.717) is 23.0 Å².